The molecule has 0 saturated heterocycles. The SMILES string of the molecule is CCCOCCC(CCc1ccnn1C)NCC. The molecule has 0 aliphatic carbocycles. The molecule has 1 N–H and O–H groups in total. The molecule has 0 fully saturated rings. The Kier molecular flexibility index (Phi) is 7.69. The Labute approximate surface area is 111 Å². The van der Waals surface area contributed by atoms with Crippen molar-refractivity contribution < 1.29 is 4.74 Å². The Bertz CT molecular complexity index is 312. The lowest BCUT2D eigenvalue weighted by molar-refractivity contribution is 0.124. The van der Waals surface area contributed by atoms with Gasteiger partial charge in [-0.05, 0) is 38.3 Å². The third kappa shape index (κ3) is 5.65. The minimum absolute atomic E-state index is 0.543. The summed E-state index contributed by atoms with van der Waals surface area (Å²) in [7, 11) is 2.00. The lowest BCUT2D eigenvalue weighted by Gasteiger charge is -2.17. The predicted octanol–water partition coefficient (Wildman–Crippen LogP) is 2.15. The molecule has 4 heteroatoms. The minimum atomic E-state index is 0.543. The molecule has 0 aliphatic rings. The molecule has 0 spiro atoms. The van der Waals surface area contributed by atoms with Gasteiger partial charge in [0.2, 0.25) is 0 Å². The monoisotopic (exact) mass is 253 g/mol. The zero-order chi connectivity index (χ0) is 13.2. The van der Waals surface area contributed by atoms with Gasteiger partial charge in [0, 0.05) is 38.2 Å². The highest BCUT2D eigenvalue weighted by Crippen LogP contribution is 2.07. The quantitative estimate of drug-likeness (QED) is 0.649. The highest BCUT2D eigenvalue weighted by atomic mass is 16.5. The highest BCUT2D eigenvalue weighted by Gasteiger charge is 2.08. The Morgan fingerprint density at radius 2 is 2.17 bits per heavy atom. The van der Waals surface area contributed by atoms with Gasteiger partial charge in [-0.25, -0.2) is 0 Å². The average molecular weight is 253 g/mol. The van der Waals surface area contributed by atoms with Gasteiger partial charge in [-0.1, -0.05) is 13.8 Å². The van der Waals surface area contributed by atoms with Crippen LogP contribution < -0.4 is 5.32 Å². The molecule has 18 heavy (non-hydrogen) atoms. The molecule has 0 bridgehead atoms. The van der Waals surface area contributed by atoms with Gasteiger partial charge in [-0.3, -0.25) is 4.68 Å². The molecule has 1 heterocycles. The van der Waals surface area contributed by atoms with Crippen LogP contribution in [0.4, 0.5) is 0 Å². The average Bonchev–Trinajstić information content (AvgIpc) is 2.77. The highest BCUT2D eigenvalue weighted by molar-refractivity contribution is 5.00. The van der Waals surface area contributed by atoms with Crippen LogP contribution >= 0.6 is 0 Å². The van der Waals surface area contributed by atoms with E-state index in [2.05, 4.69) is 30.3 Å². The van der Waals surface area contributed by atoms with Crippen molar-refractivity contribution in [1.82, 2.24) is 15.1 Å². The molecule has 0 saturated carbocycles. The van der Waals surface area contributed by atoms with E-state index in [4.69, 9.17) is 4.74 Å². The maximum atomic E-state index is 5.56. The van der Waals surface area contributed by atoms with Crippen molar-refractivity contribution in [2.24, 2.45) is 7.05 Å². The summed E-state index contributed by atoms with van der Waals surface area (Å²) in [6.07, 6.45) is 6.26. The van der Waals surface area contributed by atoms with Crippen LogP contribution in [0.1, 0.15) is 38.8 Å². The molecule has 1 aromatic rings. The van der Waals surface area contributed by atoms with Crippen molar-refractivity contribution in [3.8, 4) is 0 Å². The van der Waals surface area contributed by atoms with Crippen LogP contribution in [-0.4, -0.2) is 35.6 Å². The number of nitrogens with zero attached hydrogens (tertiary/aromatic N) is 2. The van der Waals surface area contributed by atoms with Gasteiger partial charge in [-0.2, -0.15) is 5.10 Å². The van der Waals surface area contributed by atoms with Crippen LogP contribution in [0.15, 0.2) is 12.3 Å². The first-order valence-electron chi connectivity index (χ1n) is 7.05. The molecule has 0 amide bonds. The third-order valence-electron chi connectivity index (χ3n) is 3.12. The van der Waals surface area contributed by atoms with Gasteiger partial charge < -0.3 is 10.1 Å². The molecular weight excluding hydrogens is 226 g/mol. The summed E-state index contributed by atoms with van der Waals surface area (Å²) in [6, 6.07) is 2.64. The summed E-state index contributed by atoms with van der Waals surface area (Å²) in [5.41, 5.74) is 1.30. The van der Waals surface area contributed by atoms with Crippen LogP contribution in [0.3, 0.4) is 0 Å². The lowest BCUT2D eigenvalue weighted by atomic mass is 10.1. The normalized spacial score (nSPS) is 12.8. The van der Waals surface area contributed by atoms with Gasteiger partial charge >= 0.3 is 0 Å². The van der Waals surface area contributed by atoms with Crippen molar-refractivity contribution in [3.63, 3.8) is 0 Å². The Morgan fingerprint density at radius 1 is 1.33 bits per heavy atom. The lowest BCUT2D eigenvalue weighted by Crippen LogP contribution is -2.30. The number of aryl methyl sites for hydroxylation is 2. The van der Waals surface area contributed by atoms with Crippen molar-refractivity contribution in [1.29, 1.82) is 0 Å². The number of aromatic nitrogens is 2. The zero-order valence-electron chi connectivity index (χ0n) is 12.0. The second-order valence-corrected chi connectivity index (χ2v) is 4.64. The second-order valence-electron chi connectivity index (χ2n) is 4.64. The van der Waals surface area contributed by atoms with Gasteiger partial charge in [-0.15, -0.1) is 0 Å². The fourth-order valence-corrected chi connectivity index (χ4v) is 2.08. The van der Waals surface area contributed by atoms with E-state index in [9.17, 15) is 0 Å². The fraction of sp³-hybridized carbons (Fsp3) is 0.786. The standard InChI is InChI=1S/C14H27N3O/c1-4-11-18-12-9-13(15-5-2)6-7-14-8-10-16-17(14)3/h8,10,13,15H,4-7,9,11-12H2,1-3H3. The second kappa shape index (κ2) is 9.11. The molecule has 104 valence electrons. The minimum Gasteiger partial charge on any atom is -0.381 e. The van der Waals surface area contributed by atoms with Crippen molar-refractivity contribution in [2.75, 3.05) is 19.8 Å². The Morgan fingerprint density at radius 3 is 2.78 bits per heavy atom. The maximum absolute atomic E-state index is 5.56. The Balaban J connectivity index is 2.26. The topological polar surface area (TPSA) is 39.1 Å². The zero-order valence-corrected chi connectivity index (χ0v) is 12.0. The molecule has 0 aliphatic heterocycles. The summed E-state index contributed by atoms with van der Waals surface area (Å²) < 4.78 is 7.52. The van der Waals surface area contributed by atoms with Crippen molar-refractivity contribution >= 4 is 0 Å². The summed E-state index contributed by atoms with van der Waals surface area (Å²) in [6.45, 7) is 7.05. The number of ether oxygens (including phenoxy) is 1. The van der Waals surface area contributed by atoms with E-state index in [-0.39, 0.29) is 0 Å². The van der Waals surface area contributed by atoms with Crippen molar-refractivity contribution in [3.05, 3.63) is 18.0 Å². The first-order valence-corrected chi connectivity index (χ1v) is 7.05. The number of hydrogen-bond donors (Lipinski definition) is 1. The largest absolute Gasteiger partial charge is 0.381 e. The summed E-state index contributed by atoms with van der Waals surface area (Å²) in [5.74, 6) is 0. The molecule has 1 atom stereocenters. The number of nitrogens with one attached hydrogen (secondary N) is 1. The molecule has 0 aromatic carbocycles. The van der Waals surface area contributed by atoms with E-state index in [1.807, 2.05) is 17.9 Å². The molecule has 0 radical (unpaired) electrons. The summed E-state index contributed by atoms with van der Waals surface area (Å²) in [5, 5.41) is 7.73. The summed E-state index contributed by atoms with van der Waals surface area (Å²) >= 11 is 0. The van der Waals surface area contributed by atoms with E-state index < -0.39 is 0 Å². The van der Waals surface area contributed by atoms with Crippen LogP contribution in [0.5, 0.6) is 0 Å². The number of hydrogen-bond acceptors (Lipinski definition) is 3. The van der Waals surface area contributed by atoms with Crippen LogP contribution in [0.25, 0.3) is 0 Å². The van der Waals surface area contributed by atoms with E-state index in [1.54, 1.807) is 0 Å². The number of rotatable bonds is 10. The maximum Gasteiger partial charge on any atom is 0.0492 e. The van der Waals surface area contributed by atoms with E-state index in [1.165, 1.54) is 5.69 Å². The first kappa shape index (κ1) is 15.2. The third-order valence-corrected chi connectivity index (χ3v) is 3.12. The van der Waals surface area contributed by atoms with E-state index in [0.29, 0.717) is 6.04 Å². The predicted molar refractivity (Wildman–Crippen MR) is 74.7 cm³/mol. The smallest absolute Gasteiger partial charge is 0.0492 e. The molecule has 1 rings (SSSR count). The molecule has 1 unspecified atom stereocenters. The Hall–Kier alpha value is -0.870. The first-order chi connectivity index (χ1) is 8.77. The van der Waals surface area contributed by atoms with Gasteiger partial charge in [0.15, 0.2) is 0 Å². The van der Waals surface area contributed by atoms with Crippen molar-refractivity contribution in [2.45, 2.75) is 45.6 Å². The van der Waals surface area contributed by atoms with E-state index >= 15 is 0 Å². The van der Waals surface area contributed by atoms with Gasteiger partial charge in [0.25, 0.3) is 0 Å². The van der Waals surface area contributed by atoms with Crippen LogP contribution in [0.2, 0.25) is 0 Å². The van der Waals surface area contributed by atoms with Crippen LogP contribution in [0, 0.1) is 0 Å². The molecule has 4 nitrogen and oxygen atoms in total. The van der Waals surface area contributed by atoms with Gasteiger partial charge in [0.05, 0.1) is 0 Å². The fourth-order valence-electron chi connectivity index (χ4n) is 2.08. The van der Waals surface area contributed by atoms with Gasteiger partial charge in [0.1, 0.15) is 0 Å². The summed E-state index contributed by atoms with van der Waals surface area (Å²) in [4.78, 5) is 0. The van der Waals surface area contributed by atoms with Crippen LogP contribution in [-0.2, 0) is 18.2 Å². The molecule has 1 aromatic heterocycles. The molecular formula is C14H27N3O. The van der Waals surface area contributed by atoms with E-state index in [0.717, 1.165) is 45.4 Å².